The second kappa shape index (κ2) is 6.86. The number of aromatic nitrogens is 2. The van der Waals surface area contributed by atoms with Gasteiger partial charge in [0, 0.05) is 44.9 Å². The minimum absolute atomic E-state index is 0.134. The molecule has 2 heterocycles. The Morgan fingerprint density at radius 2 is 1.71 bits per heavy atom. The fourth-order valence-corrected chi connectivity index (χ4v) is 2.81. The zero-order valence-corrected chi connectivity index (χ0v) is 14.4. The minimum atomic E-state index is 0.134. The van der Waals surface area contributed by atoms with Crippen LogP contribution in [-0.4, -0.2) is 47.0 Å². The third kappa shape index (κ3) is 3.82. The maximum Gasteiger partial charge on any atom is 0.219 e. The van der Waals surface area contributed by atoms with Crippen LogP contribution in [0.4, 0.5) is 17.3 Å². The Kier molecular flexibility index (Phi) is 4.64. The van der Waals surface area contributed by atoms with Crippen LogP contribution in [0.2, 0.25) is 0 Å². The molecule has 1 aliphatic rings. The lowest BCUT2D eigenvalue weighted by molar-refractivity contribution is -0.129. The van der Waals surface area contributed by atoms with Gasteiger partial charge in [0.25, 0.3) is 0 Å². The van der Waals surface area contributed by atoms with Gasteiger partial charge in [0.2, 0.25) is 5.91 Å². The molecule has 1 saturated heterocycles. The lowest BCUT2D eigenvalue weighted by Gasteiger charge is -2.35. The van der Waals surface area contributed by atoms with E-state index in [4.69, 9.17) is 0 Å². The zero-order valence-electron chi connectivity index (χ0n) is 14.4. The Morgan fingerprint density at radius 3 is 2.33 bits per heavy atom. The van der Waals surface area contributed by atoms with Crippen molar-refractivity contribution >= 4 is 23.2 Å². The van der Waals surface area contributed by atoms with Crippen LogP contribution in [0.5, 0.6) is 0 Å². The molecule has 24 heavy (non-hydrogen) atoms. The maximum absolute atomic E-state index is 11.4. The Labute approximate surface area is 142 Å². The highest BCUT2D eigenvalue weighted by atomic mass is 16.2. The van der Waals surface area contributed by atoms with Crippen molar-refractivity contribution in [2.75, 3.05) is 36.4 Å². The first-order chi connectivity index (χ1) is 11.5. The average Bonchev–Trinajstić information content (AvgIpc) is 2.56. The lowest BCUT2D eigenvalue weighted by Crippen LogP contribution is -2.48. The molecular weight excluding hydrogens is 302 g/mol. The molecule has 0 aliphatic carbocycles. The number of carbonyl (C=O) groups is 1. The van der Waals surface area contributed by atoms with Crippen molar-refractivity contribution in [2.24, 2.45) is 0 Å². The van der Waals surface area contributed by atoms with Gasteiger partial charge < -0.3 is 15.1 Å². The van der Waals surface area contributed by atoms with Crippen LogP contribution in [-0.2, 0) is 4.79 Å². The van der Waals surface area contributed by atoms with E-state index in [-0.39, 0.29) is 5.91 Å². The summed E-state index contributed by atoms with van der Waals surface area (Å²) in [5, 5.41) is 3.34. The normalized spacial score (nSPS) is 14.6. The van der Waals surface area contributed by atoms with Gasteiger partial charge in [-0.3, -0.25) is 4.79 Å². The number of piperazine rings is 1. The summed E-state index contributed by atoms with van der Waals surface area (Å²) in [4.78, 5) is 24.6. The van der Waals surface area contributed by atoms with Gasteiger partial charge in [0.1, 0.15) is 17.5 Å². The van der Waals surface area contributed by atoms with Gasteiger partial charge in [0.05, 0.1) is 0 Å². The van der Waals surface area contributed by atoms with E-state index in [2.05, 4.69) is 39.2 Å². The topological polar surface area (TPSA) is 61.4 Å². The number of hydrogen-bond acceptors (Lipinski definition) is 5. The zero-order chi connectivity index (χ0) is 17.1. The van der Waals surface area contributed by atoms with Gasteiger partial charge >= 0.3 is 0 Å². The van der Waals surface area contributed by atoms with Crippen molar-refractivity contribution < 1.29 is 4.79 Å². The van der Waals surface area contributed by atoms with Gasteiger partial charge in [-0.15, -0.1) is 0 Å². The summed E-state index contributed by atoms with van der Waals surface area (Å²) in [5.41, 5.74) is 2.23. The third-order valence-electron chi connectivity index (χ3n) is 4.20. The SMILES string of the molecule is CC(=O)N1CCN(c2cc(Nc3ccc(C)cc3)nc(C)n2)CC1. The molecule has 3 rings (SSSR count). The Bertz CT molecular complexity index is 721. The number of nitrogens with one attached hydrogen (secondary N) is 1. The van der Waals surface area contributed by atoms with Crippen LogP contribution in [0.15, 0.2) is 30.3 Å². The average molecular weight is 325 g/mol. The first kappa shape index (κ1) is 16.2. The van der Waals surface area contributed by atoms with Crippen LogP contribution >= 0.6 is 0 Å². The van der Waals surface area contributed by atoms with Crippen molar-refractivity contribution in [3.05, 3.63) is 41.7 Å². The highest BCUT2D eigenvalue weighted by Gasteiger charge is 2.20. The lowest BCUT2D eigenvalue weighted by atomic mass is 10.2. The quantitative estimate of drug-likeness (QED) is 0.939. The molecule has 6 nitrogen and oxygen atoms in total. The highest BCUT2D eigenvalue weighted by molar-refractivity contribution is 5.73. The van der Waals surface area contributed by atoms with Crippen LogP contribution in [0.3, 0.4) is 0 Å². The van der Waals surface area contributed by atoms with E-state index >= 15 is 0 Å². The molecule has 0 atom stereocenters. The van der Waals surface area contributed by atoms with Crippen LogP contribution in [0.25, 0.3) is 0 Å². The van der Waals surface area contributed by atoms with Gasteiger partial charge in [-0.2, -0.15) is 0 Å². The van der Waals surface area contributed by atoms with Crippen LogP contribution in [0, 0.1) is 13.8 Å². The van der Waals surface area contributed by atoms with Crippen LogP contribution < -0.4 is 10.2 Å². The minimum Gasteiger partial charge on any atom is -0.353 e. The number of anilines is 3. The van der Waals surface area contributed by atoms with E-state index in [1.165, 1.54) is 5.56 Å². The van der Waals surface area contributed by atoms with E-state index in [9.17, 15) is 4.79 Å². The molecule has 6 heteroatoms. The van der Waals surface area contributed by atoms with E-state index in [0.29, 0.717) is 0 Å². The number of rotatable bonds is 3. The monoisotopic (exact) mass is 325 g/mol. The molecule has 2 aromatic rings. The Hall–Kier alpha value is -2.63. The molecule has 1 aromatic heterocycles. The summed E-state index contributed by atoms with van der Waals surface area (Å²) in [6.45, 7) is 8.64. The second-order valence-electron chi connectivity index (χ2n) is 6.14. The number of hydrogen-bond donors (Lipinski definition) is 1. The predicted molar refractivity (Wildman–Crippen MR) is 95.7 cm³/mol. The fraction of sp³-hybridized carbons (Fsp3) is 0.389. The molecule has 1 fully saturated rings. The number of amides is 1. The van der Waals surface area contributed by atoms with E-state index in [0.717, 1.165) is 49.3 Å². The van der Waals surface area contributed by atoms with Gasteiger partial charge in [0.15, 0.2) is 0 Å². The molecular formula is C18H23N5O. The molecule has 0 unspecified atom stereocenters. The molecule has 0 radical (unpaired) electrons. The number of benzene rings is 1. The molecule has 126 valence electrons. The van der Waals surface area contributed by atoms with Crippen molar-refractivity contribution in [3.8, 4) is 0 Å². The summed E-state index contributed by atoms with van der Waals surface area (Å²) in [7, 11) is 0. The maximum atomic E-state index is 11.4. The standard InChI is InChI=1S/C18H23N5O/c1-13-4-6-16(7-5-13)21-17-12-18(20-14(2)19-17)23-10-8-22(9-11-23)15(3)24/h4-7,12H,8-11H2,1-3H3,(H,19,20,21). The Morgan fingerprint density at radius 1 is 1.04 bits per heavy atom. The second-order valence-corrected chi connectivity index (χ2v) is 6.14. The van der Waals surface area contributed by atoms with Crippen LogP contribution in [0.1, 0.15) is 18.3 Å². The van der Waals surface area contributed by atoms with Gasteiger partial charge in [-0.1, -0.05) is 17.7 Å². The Balaban J connectivity index is 1.74. The van der Waals surface area contributed by atoms with Crippen molar-refractivity contribution in [1.29, 1.82) is 0 Å². The fourth-order valence-electron chi connectivity index (χ4n) is 2.81. The van der Waals surface area contributed by atoms with Gasteiger partial charge in [-0.05, 0) is 26.0 Å². The molecule has 1 aromatic carbocycles. The van der Waals surface area contributed by atoms with E-state index in [1.54, 1.807) is 6.92 Å². The van der Waals surface area contributed by atoms with E-state index < -0.39 is 0 Å². The summed E-state index contributed by atoms with van der Waals surface area (Å²) in [5.74, 6) is 2.56. The van der Waals surface area contributed by atoms with Gasteiger partial charge in [-0.25, -0.2) is 9.97 Å². The molecule has 1 N–H and O–H groups in total. The summed E-state index contributed by atoms with van der Waals surface area (Å²) < 4.78 is 0. The predicted octanol–water partition coefficient (Wildman–Crippen LogP) is 2.51. The summed E-state index contributed by atoms with van der Waals surface area (Å²) in [6.07, 6.45) is 0. The van der Waals surface area contributed by atoms with E-state index in [1.807, 2.05) is 30.0 Å². The smallest absolute Gasteiger partial charge is 0.219 e. The van der Waals surface area contributed by atoms with Crippen molar-refractivity contribution in [1.82, 2.24) is 14.9 Å². The van der Waals surface area contributed by atoms with Crippen molar-refractivity contribution in [3.63, 3.8) is 0 Å². The highest BCUT2D eigenvalue weighted by Crippen LogP contribution is 2.21. The molecule has 0 bridgehead atoms. The summed E-state index contributed by atoms with van der Waals surface area (Å²) >= 11 is 0. The molecule has 0 saturated carbocycles. The third-order valence-corrected chi connectivity index (χ3v) is 4.20. The number of aryl methyl sites for hydroxylation is 2. The first-order valence-electron chi connectivity index (χ1n) is 8.21. The van der Waals surface area contributed by atoms with Crippen molar-refractivity contribution in [2.45, 2.75) is 20.8 Å². The summed E-state index contributed by atoms with van der Waals surface area (Å²) in [6, 6.07) is 10.2. The molecule has 1 amide bonds. The number of nitrogens with zero attached hydrogens (tertiary/aromatic N) is 4. The number of carbonyl (C=O) groups excluding carboxylic acids is 1. The molecule has 1 aliphatic heterocycles. The largest absolute Gasteiger partial charge is 0.353 e. The first-order valence-corrected chi connectivity index (χ1v) is 8.21. The molecule has 0 spiro atoms.